The average molecular weight is 161 g/mol. The summed E-state index contributed by atoms with van der Waals surface area (Å²) in [6.45, 7) is 1.89. The van der Waals surface area contributed by atoms with Crippen LogP contribution in [0.4, 0.5) is 0 Å². The Hall–Kier alpha value is -1.64. The van der Waals surface area contributed by atoms with E-state index in [0.29, 0.717) is 0 Å². The number of benzene rings is 1. The van der Waals surface area contributed by atoms with Gasteiger partial charge in [0.2, 0.25) is 0 Å². The number of rotatable bonds is 2. The van der Waals surface area contributed by atoms with Crippen molar-refractivity contribution >= 4 is 12.1 Å². The van der Waals surface area contributed by atoms with Gasteiger partial charge in [-0.25, -0.2) is 0 Å². The molecule has 0 fully saturated rings. The zero-order valence-corrected chi connectivity index (χ0v) is 6.94. The summed E-state index contributed by atoms with van der Waals surface area (Å²) in [5.41, 5.74) is 6.97. The zero-order valence-electron chi connectivity index (χ0n) is 6.94. The van der Waals surface area contributed by atoms with Crippen LogP contribution in [0.3, 0.4) is 0 Å². The quantitative estimate of drug-likeness (QED) is 0.398. The lowest BCUT2D eigenvalue weighted by molar-refractivity contribution is 1.23. The fourth-order valence-electron chi connectivity index (χ4n) is 0.857. The van der Waals surface area contributed by atoms with Crippen LogP contribution < -0.4 is 5.73 Å². The molecule has 0 radical (unpaired) electrons. The normalized spacial score (nSPS) is 12.2. The Balaban J connectivity index is 2.85. The molecule has 0 aromatic heterocycles. The van der Waals surface area contributed by atoms with Crippen LogP contribution >= 0.6 is 0 Å². The van der Waals surface area contributed by atoms with Crippen molar-refractivity contribution < 1.29 is 0 Å². The van der Waals surface area contributed by atoms with Crippen molar-refractivity contribution in [2.45, 2.75) is 6.92 Å². The van der Waals surface area contributed by atoms with Crippen LogP contribution in [0.15, 0.2) is 40.5 Å². The van der Waals surface area contributed by atoms with Gasteiger partial charge in [-0.1, -0.05) is 30.3 Å². The van der Waals surface area contributed by atoms with Crippen molar-refractivity contribution in [1.82, 2.24) is 0 Å². The molecule has 2 N–H and O–H groups in total. The molecule has 0 aliphatic heterocycles. The van der Waals surface area contributed by atoms with Gasteiger partial charge in [-0.15, -0.1) is 5.10 Å². The van der Waals surface area contributed by atoms with E-state index in [4.69, 9.17) is 5.73 Å². The van der Waals surface area contributed by atoms with Crippen molar-refractivity contribution in [3.63, 3.8) is 0 Å². The molecule has 0 heterocycles. The molecule has 0 aliphatic carbocycles. The first-order chi connectivity index (χ1) is 5.84. The highest BCUT2D eigenvalue weighted by molar-refractivity contribution is 5.98. The first-order valence-electron chi connectivity index (χ1n) is 3.68. The highest BCUT2D eigenvalue weighted by Gasteiger charge is 1.92. The largest absolute Gasteiger partial charge is 0.388 e. The van der Waals surface area contributed by atoms with Crippen molar-refractivity contribution in [3.8, 4) is 0 Å². The third-order valence-electron chi connectivity index (χ3n) is 1.47. The summed E-state index contributed by atoms with van der Waals surface area (Å²) in [5.74, 6) is 0. The van der Waals surface area contributed by atoms with Gasteiger partial charge >= 0.3 is 0 Å². The Morgan fingerprint density at radius 3 is 2.58 bits per heavy atom. The maximum atomic E-state index is 5.06. The van der Waals surface area contributed by atoms with E-state index < -0.39 is 0 Å². The number of nitrogens with zero attached hydrogens (tertiary/aromatic N) is 2. The fourth-order valence-corrected chi connectivity index (χ4v) is 0.857. The highest BCUT2D eigenvalue weighted by atomic mass is 15.2. The van der Waals surface area contributed by atoms with E-state index in [0.717, 1.165) is 11.3 Å². The molecule has 0 unspecified atom stereocenters. The molecule has 62 valence electrons. The van der Waals surface area contributed by atoms with Gasteiger partial charge in [0.05, 0.1) is 5.71 Å². The number of nitrogens with two attached hydrogens (primary N) is 1. The Morgan fingerprint density at radius 2 is 2.00 bits per heavy atom. The summed E-state index contributed by atoms with van der Waals surface area (Å²) in [7, 11) is 0. The third kappa shape index (κ3) is 2.20. The minimum absolute atomic E-state index is 0.859. The first-order valence-corrected chi connectivity index (χ1v) is 3.68. The standard InChI is InChI=1S/C9H11N3/c1-8(12-11-7-10)9-5-3-2-4-6-9/h2-7H,1H3,(H2,10,11)/b12-8+. The predicted molar refractivity (Wildman–Crippen MR) is 51.3 cm³/mol. The van der Waals surface area contributed by atoms with E-state index in [-0.39, 0.29) is 0 Å². The Kier molecular flexibility index (Phi) is 3.02. The lowest BCUT2D eigenvalue weighted by Crippen LogP contribution is -1.93. The van der Waals surface area contributed by atoms with Gasteiger partial charge in [0.25, 0.3) is 0 Å². The van der Waals surface area contributed by atoms with Gasteiger partial charge in [0.15, 0.2) is 0 Å². The lowest BCUT2D eigenvalue weighted by Gasteiger charge is -1.95. The average Bonchev–Trinajstić information content (AvgIpc) is 2.15. The number of hydrogen-bond acceptors (Lipinski definition) is 2. The molecule has 1 rings (SSSR count). The van der Waals surface area contributed by atoms with Crippen LogP contribution in [0.1, 0.15) is 12.5 Å². The molecule has 0 saturated carbocycles. The molecule has 1 aromatic carbocycles. The molecule has 12 heavy (non-hydrogen) atoms. The molecule has 1 aromatic rings. The molecular formula is C9H11N3. The second-order valence-electron chi connectivity index (χ2n) is 2.32. The molecule has 0 atom stereocenters. The van der Waals surface area contributed by atoms with E-state index in [1.807, 2.05) is 37.3 Å². The van der Waals surface area contributed by atoms with Gasteiger partial charge in [0.1, 0.15) is 6.34 Å². The lowest BCUT2D eigenvalue weighted by atomic mass is 10.1. The Morgan fingerprint density at radius 1 is 1.33 bits per heavy atom. The Labute approximate surface area is 71.6 Å². The van der Waals surface area contributed by atoms with Crippen LogP contribution in [0.5, 0.6) is 0 Å². The van der Waals surface area contributed by atoms with Crippen molar-refractivity contribution in [2.24, 2.45) is 15.9 Å². The van der Waals surface area contributed by atoms with Gasteiger partial charge in [-0.3, -0.25) is 0 Å². The van der Waals surface area contributed by atoms with E-state index in [2.05, 4.69) is 10.2 Å². The minimum atomic E-state index is 0.859. The molecule has 3 heteroatoms. The predicted octanol–water partition coefficient (Wildman–Crippen LogP) is 1.40. The zero-order chi connectivity index (χ0) is 8.81. The fraction of sp³-hybridized carbons (Fsp3) is 0.111. The highest BCUT2D eigenvalue weighted by Crippen LogP contribution is 2.00. The van der Waals surface area contributed by atoms with E-state index in [1.54, 1.807) is 0 Å². The smallest absolute Gasteiger partial charge is 0.108 e. The number of hydrogen-bond donors (Lipinski definition) is 1. The van der Waals surface area contributed by atoms with Crippen LogP contribution in [-0.4, -0.2) is 12.1 Å². The van der Waals surface area contributed by atoms with Gasteiger partial charge in [-0.05, 0) is 12.5 Å². The van der Waals surface area contributed by atoms with Crippen LogP contribution in [0, 0.1) is 0 Å². The molecule has 0 amide bonds. The van der Waals surface area contributed by atoms with Gasteiger partial charge < -0.3 is 5.73 Å². The van der Waals surface area contributed by atoms with E-state index in [1.165, 1.54) is 6.34 Å². The SMILES string of the molecule is C/C(=N\N=C/N)c1ccccc1. The van der Waals surface area contributed by atoms with E-state index in [9.17, 15) is 0 Å². The van der Waals surface area contributed by atoms with Crippen LogP contribution in [0.2, 0.25) is 0 Å². The van der Waals surface area contributed by atoms with Gasteiger partial charge in [0, 0.05) is 0 Å². The monoisotopic (exact) mass is 161 g/mol. The summed E-state index contributed by atoms with van der Waals surface area (Å²) in [5, 5.41) is 7.46. The molecule has 3 nitrogen and oxygen atoms in total. The molecule has 0 spiro atoms. The first kappa shape index (κ1) is 8.46. The summed E-state index contributed by atoms with van der Waals surface area (Å²) >= 11 is 0. The second kappa shape index (κ2) is 4.28. The van der Waals surface area contributed by atoms with Gasteiger partial charge in [-0.2, -0.15) is 5.10 Å². The topological polar surface area (TPSA) is 50.7 Å². The second-order valence-corrected chi connectivity index (χ2v) is 2.32. The van der Waals surface area contributed by atoms with Crippen LogP contribution in [0.25, 0.3) is 0 Å². The maximum absolute atomic E-state index is 5.06. The molecule has 0 aliphatic rings. The summed E-state index contributed by atoms with van der Waals surface area (Å²) < 4.78 is 0. The van der Waals surface area contributed by atoms with Crippen LogP contribution in [-0.2, 0) is 0 Å². The van der Waals surface area contributed by atoms with E-state index >= 15 is 0 Å². The molecule has 0 bridgehead atoms. The van der Waals surface area contributed by atoms with Crippen molar-refractivity contribution in [3.05, 3.63) is 35.9 Å². The Bertz CT molecular complexity index is 288. The minimum Gasteiger partial charge on any atom is -0.388 e. The summed E-state index contributed by atoms with van der Waals surface area (Å²) in [4.78, 5) is 0. The molecule has 0 saturated heterocycles. The summed E-state index contributed by atoms with van der Waals surface area (Å²) in [6, 6.07) is 9.83. The molecular weight excluding hydrogens is 150 g/mol. The van der Waals surface area contributed by atoms with Crippen molar-refractivity contribution in [2.75, 3.05) is 0 Å². The van der Waals surface area contributed by atoms with Crippen molar-refractivity contribution in [1.29, 1.82) is 0 Å². The third-order valence-corrected chi connectivity index (χ3v) is 1.47. The summed E-state index contributed by atoms with van der Waals surface area (Å²) in [6.07, 6.45) is 1.17. The maximum Gasteiger partial charge on any atom is 0.108 e.